The minimum Gasteiger partial charge on any atom is -0.488 e. The van der Waals surface area contributed by atoms with E-state index in [1.54, 1.807) is 25.3 Å². The highest BCUT2D eigenvalue weighted by atomic mass is 16.6. The van der Waals surface area contributed by atoms with Gasteiger partial charge < -0.3 is 9.47 Å². The van der Waals surface area contributed by atoms with Crippen molar-refractivity contribution >= 4 is 5.69 Å². The molecule has 0 aliphatic carbocycles. The number of benzene rings is 1. The van der Waals surface area contributed by atoms with E-state index in [9.17, 15) is 10.1 Å². The second-order valence-electron chi connectivity index (χ2n) is 3.26. The fourth-order valence-corrected chi connectivity index (χ4v) is 1.27. The maximum atomic E-state index is 10.7. The molecule has 0 aromatic heterocycles. The van der Waals surface area contributed by atoms with E-state index in [0.717, 1.165) is 0 Å². The molecule has 0 spiro atoms. The summed E-state index contributed by atoms with van der Waals surface area (Å²) in [6.45, 7) is 0.683. The molecule has 0 heterocycles. The van der Waals surface area contributed by atoms with Crippen molar-refractivity contribution in [3.8, 4) is 11.8 Å². The Kier molecular flexibility index (Phi) is 5.35. The predicted molar refractivity (Wildman–Crippen MR) is 64.3 cm³/mol. The Morgan fingerprint density at radius 2 is 2.17 bits per heavy atom. The first-order valence-corrected chi connectivity index (χ1v) is 5.15. The van der Waals surface area contributed by atoms with Crippen LogP contribution >= 0.6 is 0 Å². The van der Waals surface area contributed by atoms with E-state index in [1.807, 2.05) is 0 Å². The van der Waals surface area contributed by atoms with Gasteiger partial charge in [0.05, 0.1) is 11.5 Å². The average molecular weight is 248 g/mol. The van der Waals surface area contributed by atoms with Crippen molar-refractivity contribution in [2.75, 3.05) is 20.3 Å². The molecule has 0 unspecified atom stereocenters. The lowest BCUT2D eigenvalue weighted by Crippen LogP contribution is -1.99. The highest BCUT2D eigenvalue weighted by molar-refractivity contribution is 5.56. The molecular formula is C12H12N2O4. The van der Waals surface area contributed by atoms with Gasteiger partial charge in [-0.1, -0.05) is 12.1 Å². The van der Waals surface area contributed by atoms with E-state index in [1.165, 1.54) is 18.2 Å². The first kappa shape index (κ1) is 13.7. The van der Waals surface area contributed by atoms with Crippen LogP contribution in [0.25, 0.3) is 0 Å². The zero-order valence-electron chi connectivity index (χ0n) is 9.83. The largest absolute Gasteiger partial charge is 0.488 e. The number of methoxy groups -OCH3 is 1. The number of nitriles is 1. The molecule has 0 saturated heterocycles. The van der Waals surface area contributed by atoms with Gasteiger partial charge in [-0.2, -0.15) is 5.26 Å². The zero-order chi connectivity index (χ0) is 13.4. The van der Waals surface area contributed by atoms with Gasteiger partial charge in [-0.15, -0.1) is 0 Å². The van der Waals surface area contributed by atoms with Crippen LogP contribution in [0.2, 0.25) is 0 Å². The van der Waals surface area contributed by atoms with Crippen molar-refractivity contribution < 1.29 is 14.4 Å². The van der Waals surface area contributed by atoms with Gasteiger partial charge in [0.25, 0.3) is 5.69 Å². The van der Waals surface area contributed by atoms with Gasteiger partial charge >= 0.3 is 0 Å². The number of ether oxygens (including phenoxy) is 2. The van der Waals surface area contributed by atoms with E-state index >= 15 is 0 Å². The Labute approximate surface area is 104 Å². The van der Waals surface area contributed by atoms with E-state index in [-0.39, 0.29) is 23.6 Å². The monoisotopic (exact) mass is 248 g/mol. The number of nitro groups is 1. The van der Waals surface area contributed by atoms with Crippen molar-refractivity contribution in [3.05, 3.63) is 46.0 Å². The molecule has 0 fully saturated rings. The molecule has 0 aliphatic heterocycles. The number of nitro benzene ring substituents is 1. The van der Waals surface area contributed by atoms with Gasteiger partial charge in [0, 0.05) is 13.2 Å². The maximum absolute atomic E-state index is 10.7. The Hall–Kier alpha value is -2.39. The fourth-order valence-electron chi connectivity index (χ4n) is 1.27. The van der Waals surface area contributed by atoms with Gasteiger partial charge in [-0.05, 0) is 12.1 Å². The Morgan fingerprint density at radius 3 is 2.78 bits per heavy atom. The summed E-state index contributed by atoms with van der Waals surface area (Å²) in [6.07, 6.45) is 3.47. The summed E-state index contributed by atoms with van der Waals surface area (Å²) in [5.41, 5.74) is -0.321. The maximum Gasteiger partial charge on any atom is 0.290 e. The number of hydrogen-bond acceptors (Lipinski definition) is 5. The van der Waals surface area contributed by atoms with Gasteiger partial charge in [0.2, 0.25) is 0 Å². The van der Waals surface area contributed by atoms with Gasteiger partial charge in [-0.3, -0.25) is 10.1 Å². The lowest BCUT2D eigenvalue weighted by molar-refractivity contribution is -0.385. The lowest BCUT2D eigenvalue weighted by Gasteiger charge is -2.05. The van der Waals surface area contributed by atoms with Crippen molar-refractivity contribution in [2.24, 2.45) is 0 Å². The average Bonchev–Trinajstić information content (AvgIpc) is 2.38. The molecule has 0 saturated carbocycles. The molecule has 0 radical (unpaired) electrons. The Bertz CT molecular complexity index is 491. The minimum absolute atomic E-state index is 0.0670. The van der Waals surface area contributed by atoms with Crippen molar-refractivity contribution in [1.29, 1.82) is 5.26 Å². The van der Waals surface area contributed by atoms with E-state index < -0.39 is 4.92 Å². The predicted octanol–water partition coefficient (Wildman–Crippen LogP) is 2.05. The fraction of sp³-hybridized carbons (Fsp3) is 0.250. The molecule has 0 bridgehead atoms. The number of hydrogen-bond donors (Lipinski definition) is 0. The SMILES string of the molecule is COC/C=C/COc1cccc([N+](=O)[O-])c1C#N. The molecule has 1 rings (SSSR count). The minimum atomic E-state index is -0.605. The quantitative estimate of drug-likeness (QED) is 0.437. The normalized spacial score (nSPS) is 10.2. The Morgan fingerprint density at radius 1 is 1.44 bits per heavy atom. The van der Waals surface area contributed by atoms with E-state index in [0.29, 0.717) is 6.61 Å². The second-order valence-corrected chi connectivity index (χ2v) is 3.26. The summed E-state index contributed by atoms with van der Waals surface area (Å²) >= 11 is 0. The summed E-state index contributed by atoms with van der Waals surface area (Å²) in [5.74, 6) is 0.203. The molecule has 0 atom stereocenters. The molecule has 18 heavy (non-hydrogen) atoms. The molecule has 94 valence electrons. The van der Waals surface area contributed by atoms with Crippen molar-refractivity contribution in [1.82, 2.24) is 0 Å². The topological polar surface area (TPSA) is 85.4 Å². The van der Waals surface area contributed by atoms with Crippen LogP contribution in [0.4, 0.5) is 5.69 Å². The highest BCUT2D eigenvalue weighted by Gasteiger charge is 2.17. The number of nitrogens with zero attached hydrogens (tertiary/aromatic N) is 2. The summed E-state index contributed by atoms with van der Waals surface area (Å²) in [7, 11) is 1.57. The summed E-state index contributed by atoms with van der Waals surface area (Å²) in [6, 6.07) is 6.06. The Balaban J connectivity index is 2.80. The number of rotatable bonds is 6. The van der Waals surface area contributed by atoms with E-state index in [2.05, 4.69) is 0 Å². The second kappa shape index (κ2) is 7.04. The molecule has 6 heteroatoms. The lowest BCUT2D eigenvalue weighted by atomic mass is 10.2. The van der Waals surface area contributed by atoms with E-state index in [4.69, 9.17) is 14.7 Å². The van der Waals surface area contributed by atoms with Gasteiger partial charge in [-0.25, -0.2) is 0 Å². The van der Waals surface area contributed by atoms with Crippen LogP contribution in [0.15, 0.2) is 30.4 Å². The molecule has 6 nitrogen and oxygen atoms in total. The summed E-state index contributed by atoms with van der Waals surface area (Å²) in [4.78, 5) is 10.1. The van der Waals surface area contributed by atoms with Crippen LogP contribution in [0.5, 0.6) is 5.75 Å². The molecular weight excluding hydrogens is 236 g/mol. The smallest absolute Gasteiger partial charge is 0.290 e. The van der Waals surface area contributed by atoms with Gasteiger partial charge in [0.15, 0.2) is 5.56 Å². The van der Waals surface area contributed by atoms with Crippen molar-refractivity contribution in [2.45, 2.75) is 0 Å². The third kappa shape index (κ3) is 3.57. The third-order valence-electron chi connectivity index (χ3n) is 2.08. The van der Waals surface area contributed by atoms with Crippen LogP contribution < -0.4 is 4.74 Å². The standard InChI is InChI=1S/C12H12N2O4/c1-17-7-2-3-8-18-12-6-4-5-11(14(15)16)10(12)9-13/h2-6H,7-8H2,1H3/b3-2+. The first-order valence-electron chi connectivity index (χ1n) is 5.15. The summed E-state index contributed by atoms with van der Waals surface area (Å²) in [5, 5.41) is 19.6. The van der Waals surface area contributed by atoms with Crippen LogP contribution in [0.1, 0.15) is 5.56 Å². The molecule has 1 aromatic rings. The first-order chi connectivity index (χ1) is 8.70. The van der Waals surface area contributed by atoms with Crippen LogP contribution in [-0.4, -0.2) is 25.2 Å². The molecule has 0 N–H and O–H groups in total. The molecule has 0 amide bonds. The van der Waals surface area contributed by atoms with Crippen LogP contribution in [0.3, 0.4) is 0 Å². The molecule has 0 aliphatic rings. The van der Waals surface area contributed by atoms with Crippen LogP contribution in [0, 0.1) is 21.4 Å². The molecule has 1 aromatic carbocycles. The zero-order valence-corrected chi connectivity index (χ0v) is 9.83. The van der Waals surface area contributed by atoms with Crippen LogP contribution in [-0.2, 0) is 4.74 Å². The highest BCUT2D eigenvalue weighted by Crippen LogP contribution is 2.27. The third-order valence-corrected chi connectivity index (χ3v) is 2.08. The van der Waals surface area contributed by atoms with Gasteiger partial charge in [0.1, 0.15) is 18.4 Å². The summed E-state index contributed by atoms with van der Waals surface area (Å²) < 4.78 is 10.1. The van der Waals surface area contributed by atoms with Crippen molar-refractivity contribution in [3.63, 3.8) is 0 Å².